The van der Waals surface area contributed by atoms with Gasteiger partial charge in [-0.05, 0) is 38.8 Å². The average molecular weight is 207 g/mol. The molecule has 0 rings (SSSR count). The summed E-state index contributed by atoms with van der Waals surface area (Å²) in [5.41, 5.74) is -0.573. The summed E-state index contributed by atoms with van der Waals surface area (Å²) in [6.45, 7) is 6.96. The fraction of sp³-hybridized carbons (Fsp3) is 0.778. The van der Waals surface area contributed by atoms with Crippen molar-refractivity contribution in [2.24, 2.45) is 5.92 Å². The highest BCUT2D eigenvalue weighted by Gasteiger charge is 2.28. The van der Waals surface area contributed by atoms with Crippen molar-refractivity contribution in [3.8, 4) is 0 Å². The minimum absolute atomic E-state index is 0.372. The van der Waals surface area contributed by atoms with Crippen LogP contribution in [0.1, 0.15) is 34.1 Å². The number of rotatable bonds is 3. The lowest BCUT2D eigenvalue weighted by atomic mass is 10.1. The van der Waals surface area contributed by atoms with E-state index >= 15 is 0 Å². The van der Waals surface area contributed by atoms with Gasteiger partial charge in [0.25, 0.3) is 0 Å². The Morgan fingerprint density at radius 3 is 2.08 bits per heavy atom. The number of halogens is 1. The molecule has 0 amide bonds. The Morgan fingerprint density at radius 1 is 1.38 bits per heavy atom. The lowest BCUT2D eigenvalue weighted by Crippen LogP contribution is -2.30. The molecule has 0 radical (unpaired) electrons. The van der Waals surface area contributed by atoms with Gasteiger partial charge in [0.2, 0.25) is 5.24 Å². The number of hydrogen-bond donors (Lipinski definition) is 0. The summed E-state index contributed by atoms with van der Waals surface area (Å²) in [6.07, 6.45) is 0.372. The lowest BCUT2D eigenvalue weighted by molar-refractivity contribution is -0.161. The van der Waals surface area contributed by atoms with Crippen molar-refractivity contribution in [1.29, 1.82) is 0 Å². The molecule has 0 aromatic heterocycles. The Bertz CT molecular complexity index is 205. The van der Waals surface area contributed by atoms with Gasteiger partial charge in [0.05, 0.1) is 0 Å². The van der Waals surface area contributed by atoms with Crippen molar-refractivity contribution in [2.45, 2.75) is 39.7 Å². The average Bonchev–Trinajstić information content (AvgIpc) is 1.82. The van der Waals surface area contributed by atoms with Crippen LogP contribution in [0.2, 0.25) is 0 Å². The van der Waals surface area contributed by atoms with E-state index in [0.29, 0.717) is 6.42 Å². The molecule has 0 saturated heterocycles. The summed E-state index contributed by atoms with van der Waals surface area (Å²) in [5, 5.41) is -0.656. The van der Waals surface area contributed by atoms with E-state index in [9.17, 15) is 9.59 Å². The SMILES string of the molecule is CCC(C(=O)Cl)C(=O)OC(C)(C)C. The molecule has 0 heterocycles. The number of carbonyl (C=O) groups excluding carboxylic acids is 2. The van der Waals surface area contributed by atoms with Crippen LogP contribution in [-0.2, 0) is 14.3 Å². The first-order valence-corrected chi connectivity index (χ1v) is 4.58. The second-order valence-electron chi connectivity index (χ2n) is 3.80. The zero-order valence-electron chi connectivity index (χ0n) is 8.39. The van der Waals surface area contributed by atoms with Crippen molar-refractivity contribution in [2.75, 3.05) is 0 Å². The lowest BCUT2D eigenvalue weighted by Gasteiger charge is -2.21. The molecule has 3 nitrogen and oxygen atoms in total. The van der Waals surface area contributed by atoms with Gasteiger partial charge in [0, 0.05) is 0 Å². The number of ether oxygens (including phenoxy) is 1. The highest BCUT2D eigenvalue weighted by atomic mass is 35.5. The van der Waals surface area contributed by atoms with Gasteiger partial charge in [0.1, 0.15) is 11.5 Å². The standard InChI is InChI=1S/C9H15ClO3/c1-5-6(7(10)11)8(12)13-9(2,3)4/h6H,5H2,1-4H3. The molecule has 4 heteroatoms. The maximum absolute atomic E-state index is 11.3. The van der Waals surface area contributed by atoms with Crippen molar-refractivity contribution < 1.29 is 14.3 Å². The highest BCUT2D eigenvalue weighted by Crippen LogP contribution is 2.15. The molecular weight excluding hydrogens is 192 g/mol. The smallest absolute Gasteiger partial charge is 0.318 e. The minimum atomic E-state index is -0.833. The second-order valence-corrected chi connectivity index (χ2v) is 4.17. The molecular formula is C9H15ClO3. The normalized spacial score (nSPS) is 13.6. The van der Waals surface area contributed by atoms with E-state index in [2.05, 4.69) is 0 Å². The molecule has 0 spiro atoms. The van der Waals surface area contributed by atoms with Crippen molar-refractivity contribution >= 4 is 22.8 Å². The number of hydrogen-bond acceptors (Lipinski definition) is 3. The Balaban J connectivity index is 4.32. The van der Waals surface area contributed by atoms with E-state index in [1.54, 1.807) is 27.7 Å². The molecule has 0 aliphatic rings. The Labute approximate surface area is 83.4 Å². The van der Waals surface area contributed by atoms with Gasteiger partial charge in [0.15, 0.2) is 0 Å². The first-order chi connectivity index (χ1) is 5.78. The van der Waals surface area contributed by atoms with Gasteiger partial charge < -0.3 is 4.74 Å². The zero-order valence-corrected chi connectivity index (χ0v) is 9.14. The predicted octanol–water partition coefficient (Wildman–Crippen LogP) is 2.12. The first kappa shape index (κ1) is 12.4. The van der Waals surface area contributed by atoms with Crippen LogP contribution in [0.4, 0.5) is 0 Å². The summed E-state index contributed by atoms with van der Waals surface area (Å²) in [6, 6.07) is 0. The van der Waals surface area contributed by atoms with E-state index in [4.69, 9.17) is 16.3 Å². The van der Waals surface area contributed by atoms with Gasteiger partial charge in [-0.15, -0.1) is 0 Å². The molecule has 0 aromatic carbocycles. The van der Waals surface area contributed by atoms with Crippen LogP contribution in [0.15, 0.2) is 0 Å². The molecule has 0 aromatic rings. The van der Waals surface area contributed by atoms with Gasteiger partial charge in [-0.25, -0.2) is 0 Å². The van der Waals surface area contributed by atoms with Crippen LogP contribution in [0.5, 0.6) is 0 Å². The second kappa shape index (κ2) is 4.61. The molecule has 0 saturated carbocycles. The van der Waals surface area contributed by atoms with Gasteiger partial charge in [-0.2, -0.15) is 0 Å². The van der Waals surface area contributed by atoms with E-state index in [0.717, 1.165) is 0 Å². The Hall–Kier alpha value is -0.570. The number of carbonyl (C=O) groups is 2. The molecule has 0 bridgehead atoms. The molecule has 13 heavy (non-hydrogen) atoms. The van der Waals surface area contributed by atoms with E-state index in [1.807, 2.05) is 0 Å². The summed E-state index contributed by atoms with van der Waals surface area (Å²) in [4.78, 5) is 22.1. The Morgan fingerprint density at radius 2 is 1.85 bits per heavy atom. The third kappa shape index (κ3) is 4.88. The molecule has 0 aliphatic heterocycles. The summed E-state index contributed by atoms with van der Waals surface area (Å²) < 4.78 is 5.01. The molecule has 0 N–H and O–H groups in total. The third-order valence-electron chi connectivity index (χ3n) is 1.37. The molecule has 1 unspecified atom stereocenters. The maximum Gasteiger partial charge on any atom is 0.318 e. The van der Waals surface area contributed by atoms with Crippen molar-refractivity contribution in [3.05, 3.63) is 0 Å². The van der Waals surface area contributed by atoms with Gasteiger partial charge >= 0.3 is 5.97 Å². The van der Waals surface area contributed by atoms with Crippen LogP contribution in [0.25, 0.3) is 0 Å². The van der Waals surface area contributed by atoms with Crippen molar-refractivity contribution in [1.82, 2.24) is 0 Å². The highest BCUT2D eigenvalue weighted by molar-refractivity contribution is 6.65. The zero-order chi connectivity index (χ0) is 10.6. The minimum Gasteiger partial charge on any atom is -0.459 e. The Kier molecular flexibility index (Phi) is 4.40. The molecule has 1 atom stereocenters. The summed E-state index contributed by atoms with van der Waals surface area (Å²) in [7, 11) is 0. The van der Waals surface area contributed by atoms with Crippen LogP contribution in [-0.4, -0.2) is 16.8 Å². The van der Waals surface area contributed by atoms with E-state index in [1.165, 1.54) is 0 Å². The fourth-order valence-electron chi connectivity index (χ4n) is 0.793. The topological polar surface area (TPSA) is 43.4 Å². The van der Waals surface area contributed by atoms with Crippen LogP contribution in [0, 0.1) is 5.92 Å². The summed E-state index contributed by atoms with van der Waals surface area (Å²) in [5.74, 6) is -1.38. The van der Waals surface area contributed by atoms with Crippen LogP contribution >= 0.6 is 11.6 Å². The van der Waals surface area contributed by atoms with Crippen LogP contribution < -0.4 is 0 Å². The first-order valence-electron chi connectivity index (χ1n) is 4.20. The number of esters is 1. The fourth-order valence-corrected chi connectivity index (χ4v) is 1.04. The third-order valence-corrected chi connectivity index (χ3v) is 1.64. The van der Waals surface area contributed by atoms with Crippen molar-refractivity contribution in [3.63, 3.8) is 0 Å². The molecule has 0 fully saturated rings. The monoisotopic (exact) mass is 206 g/mol. The summed E-state index contributed by atoms with van der Waals surface area (Å²) >= 11 is 5.23. The maximum atomic E-state index is 11.3. The quantitative estimate of drug-likeness (QED) is 0.404. The largest absolute Gasteiger partial charge is 0.459 e. The van der Waals surface area contributed by atoms with Gasteiger partial charge in [-0.1, -0.05) is 6.92 Å². The predicted molar refractivity (Wildman–Crippen MR) is 50.5 cm³/mol. The van der Waals surface area contributed by atoms with Gasteiger partial charge in [-0.3, -0.25) is 9.59 Å². The van der Waals surface area contributed by atoms with E-state index in [-0.39, 0.29) is 0 Å². The van der Waals surface area contributed by atoms with Crippen LogP contribution in [0.3, 0.4) is 0 Å². The molecule has 0 aliphatic carbocycles. The van der Waals surface area contributed by atoms with E-state index < -0.39 is 22.7 Å². The molecule has 76 valence electrons.